The largest absolute Gasteiger partial charge is 0.471 e. The van der Waals surface area contributed by atoms with E-state index >= 15 is 0 Å². The van der Waals surface area contributed by atoms with Gasteiger partial charge in [-0.3, -0.25) is 9.78 Å². The molecule has 12 heteroatoms. The number of amides is 1. The third-order valence-electron chi connectivity index (χ3n) is 4.68. The fraction of sp³-hybridized carbons (Fsp3) is 0.263. The first kappa shape index (κ1) is 20.8. The number of carbonyl (C=O) groups excluding carboxylic acids is 1. The minimum Gasteiger partial charge on any atom is -0.329 e. The van der Waals surface area contributed by atoms with Gasteiger partial charge in [0.25, 0.3) is 0 Å². The Bertz CT molecular complexity index is 1120. The highest BCUT2D eigenvalue weighted by molar-refractivity contribution is 5.96. The molecule has 6 nitrogen and oxygen atoms in total. The highest BCUT2D eigenvalue weighted by Gasteiger charge is 2.38. The van der Waals surface area contributed by atoms with E-state index in [4.69, 9.17) is 0 Å². The van der Waals surface area contributed by atoms with E-state index in [0.29, 0.717) is 16.9 Å². The molecule has 0 fully saturated rings. The molecule has 1 amide bonds. The Kier molecular flexibility index (Phi) is 4.94. The van der Waals surface area contributed by atoms with Crippen LogP contribution in [0.2, 0.25) is 0 Å². The van der Waals surface area contributed by atoms with Crippen LogP contribution >= 0.6 is 0 Å². The minimum absolute atomic E-state index is 0.0163. The van der Waals surface area contributed by atoms with E-state index in [0.717, 1.165) is 12.1 Å². The van der Waals surface area contributed by atoms with Crippen molar-refractivity contribution in [2.24, 2.45) is 0 Å². The second kappa shape index (κ2) is 7.36. The molecule has 162 valence electrons. The summed E-state index contributed by atoms with van der Waals surface area (Å²) in [5, 5.41) is 3.27. The number of aryl methyl sites for hydroxylation is 1. The lowest BCUT2D eigenvalue weighted by atomic mass is 9.98. The molecule has 0 radical (unpaired) electrons. The lowest BCUT2D eigenvalue weighted by Crippen LogP contribution is -2.35. The summed E-state index contributed by atoms with van der Waals surface area (Å²) in [7, 11) is 0. The van der Waals surface area contributed by atoms with Gasteiger partial charge in [-0.25, -0.2) is 0 Å². The van der Waals surface area contributed by atoms with Crippen LogP contribution in [-0.4, -0.2) is 21.0 Å². The summed E-state index contributed by atoms with van der Waals surface area (Å²) in [6.07, 6.45) is -7.79. The quantitative estimate of drug-likeness (QED) is 0.553. The Morgan fingerprint density at radius 2 is 1.77 bits per heavy atom. The molecule has 0 N–H and O–H groups in total. The van der Waals surface area contributed by atoms with E-state index in [-0.39, 0.29) is 36.7 Å². The number of hydrogen-bond acceptors (Lipinski definition) is 5. The molecular weight excluding hydrogens is 430 g/mol. The summed E-state index contributed by atoms with van der Waals surface area (Å²) in [4.78, 5) is 21.1. The number of hydrogen-bond donors (Lipinski definition) is 0. The van der Waals surface area contributed by atoms with Crippen LogP contribution in [0.25, 0.3) is 11.4 Å². The third-order valence-corrected chi connectivity index (χ3v) is 4.68. The maximum Gasteiger partial charge on any atom is 0.471 e. The SMILES string of the molecule is O=C1CCc2cc(C(F)(F)F)ccc2N1Cc1ccc(-c2noc(C(F)(F)F)n2)cn1. The van der Waals surface area contributed by atoms with Crippen LogP contribution in [0, 0.1) is 0 Å². The van der Waals surface area contributed by atoms with Crippen LogP contribution in [0.1, 0.15) is 29.1 Å². The number of pyridine rings is 1. The van der Waals surface area contributed by atoms with Gasteiger partial charge >= 0.3 is 18.2 Å². The number of carbonyl (C=O) groups is 1. The van der Waals surface area contributed by atoms with Gasteiger partial charge in [0.1, 0.15) is 0 Å². The van der Waals surface area contributed by atoms with Gasteiger partial charge in [-0.1, -0.05) is 5.16 Å². The normalized spacial score (nSPS) is 14.6. The van der Waals surface area contributed by atoms with Crippen molar-refractivity contribution < 1.29 is 35.7 Å². The highest BCUT2D eigenvalue weighted by Crippen LogP contribution is 2.36. The summed E-state index contributed by atoms with van der Waals surface area (Å²) < 4.78 is 80.8. The Morgan fingerprint density at radius 3 is 2.39 bits per heavy atom. The number of halogens is 6. The summed E-state index contributed by atoms with van der Waals surface area (Å²) in [6.45, 7) is -0.0163. The summed E-state index contributed by atoms with van der Waals surface area (Å²) in [5.74, 6) is -2.06. The van der Waals surface area contributed by atoms with Gasteiger partial charge in [-0.05, 0) is 42.3 Å². The van der Waals surface area contributed by atoms with Gasteiger partial charge in [0.2, 0.25) is 11.7 Å². The zero-order chi connectivity index (χ0) is 22.4. The lowest BCUT2D eigenvalue weighted by molar-refractivity contribution is -0.159. The minimum atomic E-state index is -4.77. The predicted molar refractivity (Wildman–Crippen MR) is 93.5 cm³/mol. The molecule has 3 aromatic rings. The van der Waals surface area contributed by atoms with Crippen LogP contribution in [0.5, 0.6) is 0 Å². The van der Waals surface area contributed by atoms with E-state index in [2.05, 4.69) is 19.6 Å². The van der Waals surface area contributed by atoms with E-state index in [1.807, 2.05) is 0 Å². The second-order valence-corrected chi connectivity index (χ2v) is 6.78. The van der Waals surface area contributed by atoms with Gasteiger partial charge in [0.15, 0.2) is 0 Å². The van der Waals surface area contributed by atoms with Gasteiger partial charge in [0.05, 0.1) is 17.8 Å². The van der Waals surface area contributed by atoms with Crippen molar-refractivity contribution in [1.82, 2.24) is 15.1 Å². The number of fused-ring (bicyclic) bond motifs is 1. The standard InChI is InChI=1S/C19H12F6N4O2/c20-18(21,22)12-3-5-14-10(7-12)2-6-15(30)29(14)9-13-4-1-11(8-26-13)16-27-17(31-28-16)19(23,24)25/h1,3-5,7-8H,2,6,9H2. The van der Waals surface area contributed by atoms with Gasteiger partial charge in [-0.2, -0.15) is 31.3 Å². The summed E-state index contributed by atoms with van der Waals surface area (Å²) in [6, 6.07) is 6.07. The average molecular weight is 442 g/mol. The molecule has 0 spiro atoms. The first-order chi connectivity index (χ1) is 14.5. The first-order valence-electron chi connectivity index (χ1n) is 8.89. The molecule has 0 aliphatic carbocycles. The molecule has 0 saturated carbocycles. The average Bonchev–Trinajstić information content (AvgIpc) is 3.20. The summed E-state index contributed by atoms with van der Waals surface area (Å²) in [5.41, 5.74) is 0.523. The number of aromatic nitrogens is 3. The molecule has 31 heavy (non-hydrogen) atoms. The number of nitrogens with zero attached hydrogens (tertiary/aromatic N) is 4. The Morgan fingerprint density at radius 1 is 1.00 bits per heavy atom. The molecule has 1 aromatic carbocycles. The summed E-state index contributed by atoms with van der Waals surface area (Å²) >= 11 is 0. The van der Waals surface area contributed by atoms with Crippen molar-refractivity contribution in [3.05, 3.63) is 59.2 Å². The van der Waals surface area contributed by atoms with Crippen molar-refractivity contribution in [3.63, 3.8) is 0 Å². The second-order valence-electron chi connectivity index (χ2n) is 6.78. The van der Waals surface area contributed by atoms with E-state index in [1.54, 1.807) is 0 Å². The lowest BCUT2D eigenvalue weighted by Gasteiger charge is -2.29. The number of rotatable bonds is 3. The molecule has 0 atom stereocenters. The molecule has 3 heterocycles. The molecule has 0 saturated heterocycles. The number of anilines is 1. The molecule has 1 aliphatic heterocycles. The van der Waals surface area contributed by atoms with Crippen molar-refractivity contribution in [2.45, 2.75) is 31.7 Å². The monoisotopic (exact) mass is 442 g/mol. The maximum atomic E-state index is 13.0. The maximum absolute atomic E-state index is 13.0. The van der Waals surface area contributed by atoms with E-state index in [9.17, 15) is 31.1 Å². The highest BCUT2D eigenvalue weighted by atomic mass is 19.4. The van der Waals surface area contributed by atoms with E-state index in [1.165, 1.54) is 29.3 Å². The molecule has 4 rings (SSSR count). The smallest absolute Gasteiger partial charge is 0.329 e. The van der Waals surface area contributed by atoms with Gasteiger partial charge < -0.3 is 9.42 Å². The van der Waals surface area contributed by atoms with Crippen molar-refractivity contribution in [2.75, 3.05) is 4.90 Å². The zero-order valence-electron chi connectivity index (χ0n) is 15.5. The molecular formula is C19H12F6N4O2. The number of benzene rings is 1. The Hall–Kier alpha value is -3.44. The molecule has 0 bridgehead atoms. The van der Waals surface area contributed by atoms with Crippen LogP contribution in [-0.2, 0) is 30.1 Å². The fourth-order valence-electron chi connectivity index (χ4n) is 3.18. The van der Waals surface area contributed by atoms with Crippen molar-refractivity contribution >= 4 is 11.6 Å². The molecule has 2 aromatic heterocycles. The van der Waals surface area contributed by atoms with Gasteiger partial charge in [0, 0.05) is 23.9 Å². The Labute approximate surface area is 170 Å². The first-order valence-corrected chi connectivity index (χ1v) is 8.89. The third kappa shape index (κ3) is 4.23. The van der Waals surface area contributed by atoms with E-state index < -0.39 is 23.8 Å². The topological polar surface area (TPSA) is 72.1 Å². The fourth-order valence-corrected chi connectivity index (χ4v) is 3.18. The van der Waals surface area contributed by atoms with Crippen molar-refractivity contribution in [3.8, 4) is 11.4 Å². The Balaban J connectivity index is 1.56. The van der Waals surface area contributed by atoms with Crippen molar-refractivity contribution in [1.29, 1.82) is 0 Å². The molecule has 1 aliphatic rings. The van der Waals surface area contributed by atoms with Crippen LogP contribution < -0.4 is 4.90 Å². The predicted octanol–water partition coefficient (Wildman–Crippen LogP) is 4.65. The van der Waals surface area contributed by atoms with Crippen LogP contribution in [0.3, 0.4) is 0 Å². The van der Waals surface area contributed by atoms with Crippen LogP contribution in [0.15, 0.2) is 41.1 Å². The van der Waals surface area contributed by atoms with Gasteiger partial charge in [-0.15, -0.1) is 0 Å². The molecule has 0 unspecified atom stereocenters. The number of alkyl halides is 6. The van der Waals surface area contributed by atoms with Crippen LogP contribution in [0.4, 0.5) is 32.0 Å². The zero-order valence-corrected chi connectivity index (χ0v) is 15.5.